The van der Waals surface area contributed by atoms with Gasteiger partial charge in [-0.1, -0.05) is 32.0 Å². The highest BCUT2D eigenvalue weighted by atomic mass is 19.3. The third-order valence-corrected chi connectivity index (χ3v) is 6.76. The van der Waals surface area contributed by atoms with Crippen molar-refractivity contribution in [1.82, 2.24) is 9.88 Å². The van der Waals surface area contributed by atoms with Crippen LogP contribution < -0.4 is 19.7 Å². The lowest BCUT2D eigenvalue weighted by atomic mass is 9.96. The topological polar surface area (TPSA) is 84.0 Å². The van der Waals surface area contributed by atoms with Crippen molar-refractivity contribution in [3.63, 3.8) is 0 Å². The lowest BCUT2D eigenvalue weighted by Crippen LogP contribution is -2.51. The molecule has 1 saturated carbocycles. The van der Waals surface area contributed by atoms with Crippen molar-refractivity contribution < 1.29 is 27.8 Å². The number of methoxy groups -OCH3 is 1. The molecule has 2 aromatic rings. The fourth-order valence-corrected chi connectivity index (χ4v) is 5.24. The number of alkyl halides is 2. The van der Waals surface area contributed by atoms with Crippen molar-refractivity contribution in [2.75, 3.05) is 23.9 Å². The average Bonchev–Trinajstić information content (AvgIpc) is 3.41. The first-order valence-corrected chi connectivity index (χ1v) is 11.7. The van der Waals surface area contributed by atoms with Crippen LogP contribution in [0.3, 0.4) is 0 Å². The molecule has 3 amide bonds. The third-order valence-electron chi connectivity index (χ3n) is 6.76. The number of aromatic nitrogens is 1. The highest BCUT2D eigenvalue weighted by Crippen LogP contribution is 2.43. The number of halogens is 2. The molecule has 1 aromatic heterocycles. The highest BCUT2D eigenvalue weighted by Gasteiger charge is 2.49. The first-order valence-electron chi connectivity index (χ1n) is 11.7. The van der Waals surface area contributed by atoms with E-state index in [2.05, 4.69) is 28.9 Å². The third kappa shape index (κ3) is 5.01. The van der Waals surface area contributed by atoms with Gasteiger partial charge in [0.2, 0.25) is 17.7 Å². The van der Waals surface area contributed by atoms with Crippen molar-refractivity contribution in [3.8, 4) is 11.8 Å². The Morgan fingerprint density at radius 2 is 1.91 bits per heavy atom. The Kier molecular flexibility index (Phi) is 7.09. The van der Waals surface area contributed by atoms with Crippen molar-refractivity contribution >= 4 is 23.3 Å². The van der Waals surface area contributed by atoms with Crippen molar-refractivity contribution in [3.05, 3.63) is 42.0 Å². The van der Waals surface area contributed by atoms with Gasteiger partial charge in [0.1, 0.15) is 5.69 Å². The van der Waals surface area contributed by atoms with Crippen molar-refractivity contribution in [2.24, 2.45) is 5.92 Å². The van der Waals surface area contributed by atoms with E-state index in [4.69, 9.17) is 4.74 Å². The Balaban J connectivity index is 1.69. The number of amides is 3. The molecule has 2 aliphatic rings. The molecular formula is C25H30F2N4O4. The van der Waals surface area contributed by atoms with Gasteiger partial charge in [-0.05, 0) is 42.4 Å². The molecule has 1 aliphatic heterocycles. The molecule has 188 valence electrons. The summed E-state index contributed by atoms with van der Waals surface area (Å²) >= 11 is 0. The minimum absolute atomic E-state index is 0.0108. The van der Waals surface area contributed by atoms with E-state index in [1.54, 1.807) is 11.8 Å². The van der Waals surface area contributed by atoms with Gasteiger partial charge in [-0.3, -0.25) is 9.69 Å². The second-order valence-electron chi connectivity index (χ2n) is 9.22. The number of carbonyl (C=O) groups is 2. The first kappa shape index (κ1) is 24.7. The number of anilines is 2. The van der Waals surface area contributed by atoms with Crippen LogP contribution in [-0.4, -0.2) is 54.2 Å². The molecule has 8 nitrogen and oxygen atoms in total. The van der Waals surface area contributed by atoms with Gasteiger partial charge in [0.25, 0.3) is 0 Å². The van der Waals surface area contributed by atoms with Crippen LogP contribution in [-0.2, 0) is 4.79 Å². The molecule has 35 heavy (non-hydrogen) atoms. The molecule has 4 rings (SSSR count). The van der Waals surface area contributed by atoms with E-state index >= 15 is 0 Å². The maximum atomic E-state index is 13.8. The van der Waals surface area contributed by atoms with E-state index in [-0.39, 0.29) is 41.4 Å². The highest BCUT2D eigenvalue weighted by molar-refractivity contribution is 6.03. The number of likely N-dealkylation sites (tertiary alicyclic amines) is 1. The van der Waals surface area contributed by atoms with Crippen molar-refractivity contribution in [1.29, 1.82) is 0 Å². The number of piperidine rings is 1. The molecule has 0 radical (unpaired) electrons. The molecule has 2 heterocycles. The van der Waals surface area contributed by atoms with Gasteiger partial charge in [-0.15, -0.1) is 0 Å². The summed E-state index contributed by atoms with van der Waals surface area (Å²) in [5, 5.41) is 2.73. The van der Waals surface area contributed by atoms with Crippen LogP contribution >= 0.6 is 0 Å². The Hall–Kier alpha value is -3.43. The summed E-state index contributed by atoms with van der Waals surface area (Å²) in [5.74, 6) is -0.0546. The Morgan fingerprint density at radius 3 is 2.51 bits per heavy atom. The van der Waals surface area contributed by atoms with Gasteiger partial charge in [0, 0.05) is 37.3 Å². The van der Waals surface area contributed by atoms with Gasteiger partial charge >= 0.3 is 12.6 Å². The van der Waals surface area contributed by atoms with E-state index in [0.717, 1.165) is 17.7 Å². The summed E-state index contributed by atoms with van der Waals surface area (Å²) in [5.41, 5.74) is 1.76. The lowest BCUT2D eigenvalue weighted by molar-refractivity contribution is -0.130. The number of fused-ring (bicyclic) bond motifs is 2. The van der Waals surface area contributed by atoms with Gasteiger partial charge < -0.3 is 19.7 Å². The molecule has 3 unspecified atom stereocenters. The fraction of sp³-hybridized carbons (Fsp3) is 0.480. The molecule has 1 saturated heterocycles. The summed E-state index contributed by atoms with van der Waals surface area (Å²) < 4.78 is 35.6. The van der Waals surface area contributed by atoms with Crippen LogP contribution in [0.1, 0.15) is 45.1 Å². The number of rotatable bonds is 7. The zero-order chi connectivity index (χ0) is 25.3. The smallest absolute Gasteiger partial charge is 0.388 e. The minimum Gasteiger partial charge on any atom is -0.481 e. The Bertz CT molecular complexity index is 1100. The van der Waals surface area contributed by atoms with Gasteiger partial charge in [0.15, 0.2) is 0 Å². The molecule has 1 aliphatic carbocycles. The van der Waals surface area contributed by atoms with Crippen LogP contribution in [0, 0.1) is 5.92 Å². The number of nitrogens with zero attached hydrogens (tertiary/aromatic N) is 3. The maximum absolute atomic E-state index is 13.8. The molecule has 10 heteroatoms. The number of para-hydroxylation sites is 1. The number of hydrogen-bond donors (Lipinski definition) is 1. The molecule has 2 bridgehead atoms. The SMILES string of the molecule is COc1ccc(NC(=O)N(c2ccccc2C(C)C)C2CC3CC2CN3C(C)=O)c(OC(F)F)n1. The number of carbonyl (C=O) groups excluding carboxylic acids is 2. The van der Waals surface area contributed by atoms with Crippen LogP contribution in [0.4, 0.5) is 25.0 Å². The predicted molar refractivity (Wildman–Crippen MR) is 127 cm³/mol. The zero-order valence-electron chi connectivity index (χ0n) is 20.2. The van der Waals surface area contributed by atoms with E-state index in [1.165, 1.54) is 19.2 Å². The maximum Gasteiger partial charge on any atom is 0.388 e. The number of hydrogen-bond acceptors (Lipinski definition) is 5. The molecule has 0 spiro atoms. The fourth-order valence-electron chi connectivity index (χ4n) is 5.24. The number of benzene rings is 1. The van der Waals surface area contributed by atoms with E-state index in [1.807, 2.05) is 29.2 Å². The normalized spacial score (nSPS) is 20.9. The second-order valence-corrected chi connectivity index (χ2v) is 9.22. The van der Waals surface area contributed by atoms with Crippen molar-refractivity contribution in [2.45, 2.75) is 58.2 Å². The standard InChI is InChI=1S/C25H30F2N4O4/c1-14(2)18-7-5-6-8-20(18)31(21-12-17-11-16(21)13-30(17)15(3)32)25(33)28-19-9-10-22(34-4)29-23(19)35-24(26)27/h5-10,14,16-17,21,24H,11-13H2,1-4H3,(H,28,33). The van der Waals surface area contributed by atoms with Crippen LogP contribution in [0.5, 0.6) is 11.8 Å². The van der Waals surface area contributed by atoms with Crippen LogP contribution in [0.25, 0.3) is 0 Å². The number of nitrogens with one attached hydrogen (secondary N) is 1. The molecule has 2 fully saturated rings. The summed E-state index contributed by atoms with van der Waals surface area (Å²) in [7, 11) is 1.36. The summed E-state index contributed by atoms with van der Waals surface area (Å²) in [6, 6.07) is 10.0. The van der Waals surface area contributed by atoms with Gasteiger partial charge in [-0.25, -0.2) is 4.79 Å². The van der Waals surface area contributed by atoms with E-state index < -0.39 is 18.5 Å². The Labute approximate surface area is 203 Å². The van der Waals surface area contributed by atoms with Crippen LogP contribution in [0.15, 0.2) is 36.4 Å². The van der Waals surface area contributed by atoms with Gasteiger partial charge in [-0.2, -0.15) is 13.8 Å². The molecule has 1 N–H and O–H groups in total. The number of urea groups is 1. The lowest BCUT2D eigenvalue weighted by Gasteiger charge is -2.39. The van der Waals surface area contributed by atoms with Gasteiger partial charge in [0.05, 0.1) is 7.11 Å². The van der Waals surface area contributed by atoms with E-state index in [0.29, 0.717) is 13.0 Å². The quantitative estimate of drug-likeness (QED) is 0.602. The molecular weight excluding hydrogens is 458 g/mol. The zero-order valence-corrected chi connectivity index (χ0v) is 20.2. The largest absolute Gasteiger partial charge is 0.481 e. The second kappa shape index (κ2) is 10.1. The summed E-state index contributed by atoms with van der Waals surface area (Å²) in [4.78, 5) is 33.3. The minimum atomic E-state index is -3.12. The molecule has 1 aromatic carbocycles. The summed E-state index contributed by atoms with van der Waals surface area (Å²) in [6.45, 7) is 3.13. The summed E-state index contributed by atoms with van der Waals surface area (Å²) in [6.07, 6.45) is 1.47. The monoisotopic (exact) mass is 488 g/mol. The van der Waals surface area contributed by atoms with E-state index in [9.17, 15) is 18.4 Å². The average molecular weight is 489 g/mol. The van der Waals surface area contributed by atoms with Crippen LogP contribution in [0.2, 0.25) is 0 Å². The molecule has 3 atom stereocenters. The Morgan fingerprint density at radius 1 is 1.17 bits per heavy atom. The number of ether oxygens (including phenoxy) is 2. The first-order chi connectivity index (χ1) is 16.7. The predicted octanol–water partition coefficient (Wildman–Crippen LogP) is 4.86. The number of pyridine rings is 1.